The Kier molecular flexibility index (Phi) is 12.3. The minimum atomic E-state index is -1.16. The van der Waals surface area contributed by atoms with Crippen LogP contribution in [0, 0.1) is 0 Å². The van der Waals surface area contributed by atoms with Gasteiger partial charge in [0.2, 0.25) is 0 Å². The largest absolute Gasteiger partial charge is 0.493 e. The molecule has 244 valence electrons. The number of carbonyl (C=O) groups excluding carboxylic acids is 2. The molecule has 4 N–H and O–H groups in total. The lowest BCUT2D eigenvalue weighted by Crippen LogP contribution is -2.45. The van der Waals surface area contributed by atoms with Crippen LogP contribution < -0.4 is 35.0 Å². The summed E-state index contributed by atoms with van der Waals surface area (Å²) in [7, 11) is 2.83. The average molecular weight is 762 g/mol. The minimum absolute atomic E-state index is 0.164. The zero-order chi connectivity index (χ0) is 33.2. The number of urea groups is 1. The van der Waals surface area contributed by atoms with E-state index in [0.717, 1.165) is 10.0 Å². The van der Waals surface area contributed by atoms with Crippen LogP contribution in [0.5, 0.6) is 23.0 Å². The highest BCUT2D eigenvalue weighted by molar-refractivity contribution is 9.10. The van der Waals surface area contributed by atoms with Crippen LogP contribution in [0.4, 0.5) is 4.79 Å². The van der Waals surface area contributed by atoms with Crippen molar-refractivity contribution in [1.29, 1.82) is 0 Å². The van der Waals surface area contributed by atoms with Gasteiger partial charge in [0.25, 0.3) is 0 Å². The number of carbonyl (C=O) groups is 2. The quantitative estimate of drug-likeness (QED) is 0.0742. The van der Waals surface area contributed by atoms with Crippen LogP contribution in [-0.2, 0) is 16.1 Å². The smallest absolute Gasteiger partial charge is 0.337 e. The normalized spacial score (nSPS) is 15.1. The van der Waals surface area contributed by atoms with Crippen molar-refractivity contribution in [3.8, 4) is 23.0 Å². The number of esters is 1. The van der Waals surface area contributed by atoms with E-state index < -0.39 is 24.3 Å². The van der Waals surface area contributed by atoms with Gasteiger partial charge in [-0.3, -0.25) is 5.43 Å². The van der Waals surface area contributed by atoms with Gasteiger partial charge in [0.05, 0.1) is 43.1 Å². The molecule has 0 fully saturated rings. The van der Waals surface area contributed by atoms with Crippen molar-refractivity contribution in [2.75, 3.05) is 27.4 Å². The van der Waals surface area contributed by atoms with Gasteiger partial charge in [0.15, 0.2) is 29.2 Å². The number of rotatable bonds is 14. The summed E-state index contributed by atoms with van der Waals surface area (Å²) in [6.45, 7) is 3.96. The van der Waals surface area contributed by atoms with Gasteiger partial charge < -0.3 is 39.4 Å². The van der Waals surface area contributed by atoms with E-state index in [1.54, 1.807) is 38.3 Å². The Bertz CT molecular complexity index is 1610. The van der Waals surface area contributed by atoms with Gasteiger partial charge in [-0.2, -0.15) is 5.10 Å². The molecular formula is C32H34Br2N4O8. The van der Waals surface area contributed by atoms with Crippen LogP contribution >= 0.6 is 31.9 Å². The lowest BCUT2D eigenvalue weighted by Gasteiger charge is -2.28. The third kappa shape index (κ3) is 8.92. The number of hydrogen-bond acceptors (Lipinski definition) is 10. The van der Waals surface area contributed by atoms with Crippen molar-refractivity contribution < 1.29 is 38.4 Å². The first-order valence-electron chi connectivity index (χ1n) is 14.1. The number of hydrazone groups is 1. The Morgan fingerprint density at radius 3 is 2.50 bits per heavy atom. The van der Waals surface area contributed by atoms with E-state index in [4.69, 9.17) is 23.7 Å². The van der Waals surface area contributed by atoms with Crippen LogP contribution in [0.15, 0.2) is 79.9 Å². The van der Waals surface area contributed by atoms with E-state index in [1.165, 1.54) is 13.3 Å². The summed E-state index contributed by atoms with van der Waals surface area (Å²) in [5, 5.41) is 19.9. The summed E-state index contributed by atoms with van der Waals surface area (Å²) >= 11 is 6.97. The topological polar surface area (TPSA) is 149 Å². The number of hydrogen-bond donors (Lipinski definition) is 4. The predicted molar refractivity (Wildman–Crippen MR) is 178 cm³/mol. The highest BCUT2D eigenvalue weighted by Crippen LogP contribution is 2.37. The van der Waals surface area contributed by atoms with E-state index in [0.29, 0.717) is 57.5 Å². The monoisotopic (exact) mass is 760 g/mol. The molecule has 4 rings (SSSR count). The van der Waals surface area contributed by atoms with Crippen molar-refractivity contribution >= 4 is 50.1 Å². The van der Waals surface area contributed by atoms with Crippen LogP contribution in [0.1, 0.15) is 36.6 Å². The number of ether oxygens (including phenoxy) is 5. The number of aliphatic hydroxyl groups is 1. The predicted octanol–water partition coefficient (Wildman–Crippen LogP) is 5.32. The molecule has 0 saturated heterocycles. The molecular weight excluding hydrogens is 728 g/mol. The van der Waals surface area contributed by atoms with E-state index in [-0.39, 0.29) is 12.2 Å². The number of nitrogens with one attached hydrogen (secondary N) is 3. The molecule has 1 aliphatic rings. The van der Waals surface area contributed by atoms with E-state index in [9.17, 15) is 14.7 Å². The van der Waals surface area contributed by atoms with Gasteiger partial charge in [-0.1, -0.05) is 34.1 Å². The Morgan fingerprint density at radius 1 is 1.04 bits per heavy atom. The number of benzene rings is 3. The van der Waals surface area contributed by atoms with E-state index in [2.05, 4.69) is 53.0 Å². The molecule has 0 spiro atoms. The van der Waals surface area contributed by atoms with Gasteiger partial charge >= 0.3 is 12.0 Å². The van der Waals surface area contributed by atoms with Crippen molar-refractivity contribution in [1.82, 2.24) is 16.1 Å². The zero-order valence-corrected chi connectivity index (χ0v) is 28.7. The SMILES string of the molecule is CCOc1cc([C@@H]2NC(=O)NC(C)=C2C(=O)OC)ccc1OC[C@H](O)N/N=C\c1cc(Br)c(OCc2ccc(Br)cc2)c(OC)c1. The summed E-state index contributed by atoms with van der Waals surface area (Å²) in [6.07, 6.45) is 0.362. The molecule has 0 saturated carbocycles. The molecule has 12 nitrogen and oxygen atoms in total. The molecule has 1 aliphatic heterocycles. The van der Waals surface area contributed by atoms with Crippen molar-refractivity contribution in [3.63, 3.8) is 0 Å². The molecule has 0 aromatic heterocycles. The maximum Gasteiger partial charge on any atom is 0.337 e. The molecule has 0 unspecified atom stereocenters. The Morgan fingerprint density at radius 2 is 1.80 bits per heavy atom. The van der Waals surface area contributed by atoms with Crippen LogP contribution in [0.2, 0.25) is 0 Å². The molecule has 3 aromatic rings. The van der Waals surface area contributed by atoms with E-state index >= 15 is 0 Å². The first-order chi connectivity index (χ1) is 22.1. The van der Waals surface area contributed by atoms with Crippen LogP contribution in [0.25, 0.3) is 0 Å². The number of allylic oxidation sites excluding steroid dienone is 1. The minimum Gasteiger partial charge on any atom is -0.493 e. The van der Waals surface area contributed by atoms with Crippen LogP contribution in [-0.4, -0.2) is 57.0 Å². The van der Waals surface area contributed by atoms with E-state index in [1.807, 2.05) is 37.3 Å². The van der Waals surface area contributed by atoms with Gasteiger partial charge in [-0.15, -0.1) is 0 Å². The van der Waals surface area contributed by atoms with Crippen molar-refractivity contribution in [3.05, 3.63) is 91.5 Å². The molecule has 0 radical (unpaired) electrons. The molecule has 14 heteroatoms. The fourth-order valence-electron chi connectivity index (χ4n) is 4.51. The Hall–Kier alpha value is -4.27. The number of amides is 2. The Balaban J connectivity index is 1.38. The number of nitrogens with zero attached hydrogens (tertiary/aromatic N) is 1. The van der Waals surface area contributed by atoms with Gasteiger partial charge in [-0.05, 0) is 82.9 Å². The molecule has 0 bridgehead atoms. The highest BCUT2D eigenvalue weighted by atomic mass is 79.9. The average Bonchev–Trinajstić information content (AvgIpc) is 3.03. The summed E-state index contributed by atoms with van der Waals surface area (Å²) < 4.78 is 29.7. The second-order valence-electron chi connectivity index (χ2n) is 9.86. The second kappa shape index (κ2) is 16.3. The summed E-state index contributed by atoms with van der Waals surface area (Å²) in [4.78, 5) is 24.6. The third-order valence-corrected chi connectivity index (χ3v) is 7.78. The fourth-order valence-corrected chi connectivity index (χ4v) is 5.35. The molecule has 1 heterocycles. The number of methoxy groups -OCH3 is 2. The first kappa shape index (κ1) is 34.6. The molecule has 46 heavy (non-hydrogen) atoms. The molecule has 2 amide bonds. The molecule has 0 aliphatic carbocycles. The number of halogens is 2. The van der Waals surface area contributed by atoms with Gasteiger partial charge in [0.1, 0.15) is 13.2 Å². The standard InChI is InChI=1S/C32H34Br2N4O8/c1-5-44-25-14-21(29-28(31(40)43-4)18(2)36-32(41)37-29)8-11-24(25)45-17-27(39)38-35-15-20-12-23(34)30(26(13-20)42-3)46-16-19-6-9-22(33)10-7-19/h6-15,27,29,38-39H,5,16-17H2,1-4H3,(H2,36,37,41)/b35-15-/t27-,29-/m0/s1. The maximum atomic E-state index is 12.5. The van der Waals surface area contributed by atoms with Crippen molar-refractivity contribution in [2.45, 2.75) is 32.7 Å². The summed E-state index contributed by atoms with van der Waals surface area (Å²) in [5.74, 6) is 1.20. The molecule has 3 aromatic carbocycles. The summed E-state index contributed by atoms with van der Waals surface area (Å²) in [6, 6.07) is 15.2. The highest BCUT2D eigenvalue weighted by Gasteiger charge is 2.32. The van der Waals surface area contributed by atoms with Crippen LogP contribution in [0.3, 0.4) is 0 Å². The number of aliphatic hydroxyl groups excluding tert-OH is 1. The summed E-state index contributed by atoms with van der Waals surface area (Å²) in [5.41, 5.74) is 5.56. The molecule has 2 atom stereocenters. The lowest BCUT2D eigenvalue weighted by atomic mass is 9.95. The third-order valence-electron chi connectivity index (χ3n) is 6.66. The maximum absolute atomic E-state index is 12.5. The lowest BCUT2D eigenvalue weighted by molar-refractivity contribution is -0.136. The zero-order valence-electron chi connectivity index (χ0n) is 25.6. The van der Waals surface area contributed by atoms with Gasteiger partial charge in [-0.25, -0.2) is 9.59 Å². The second-order valence-corrected chi connectivity index (χ2v) is 11.6. The first-order valence-corrected chi connectivity index (χ1v) is 15.7. The fraction of sp³-hybridized carbons (Fsp3) is 0.281. The van der Waals surface area contributed by atoms with Crippen molar-refractivity contribution in [2.24, 2.45) is 5.10 Å². The van der Waals surface area contributed by atoms with Gasteiger partial charge in [0, 0.05) is 10.2 Å². The Labute approximate surface area is 283 Å².